The molecule has 0 aliphatic rings. The zero-order chi connectivity index (χ0) is 27.1. The van der Waals surface area contributed by atoms with Crippen molar-refractivity contribution in [3.8, 4) is 0 Å². The van der Waals surface area contributed by atoms with Crippen molar-refractivity contribution in [1.82, 2.24) is 0 Å². The fraction of sp³-hybridized carbons (Fsp3) is 0.471. The molecule has 0 bridgehead atoms. The lowest BCUT2D eigenvalue weighted by Gasteiger charge is -2.34. The molecule has 1 N–H and O–H groups in total. The van der Waals surface area contributed by atoms with Gasteiger partial charge in [0.15, 0.2) is 6.29 Å². The standard InChI is InChI=1S/C34H48O3Si/c1-34(2,3)32(37-38(30-23-15-11-16-24-30)31-25-17-12-18-26-31)27-19-8-6-4-5-7-9-20-28-36-33(35)29-21-13-10-14-22-29/h10-18,21-26,32-33,35,38H,4-9,19-20,27-28H2,1-3H3. The third-order valence-corrected chi connectivity index (χ3v) is 9.77. The van der Waals surface area contributed by atoms with Crippen LogP contribution >= 0.6 is 0 Å². The fourth-order valence-electron chi connectivity index (χ4n) is 4.88. The van der Waals surface area contributed by atoms with Crippen LogP contribution < -0.4 is 10.4 Å². The van der Waals surface area contributed by atoms with Gasteiger partial charge < -0.3 is 14.3 Å². The predicted molar refractivity (Wildman–Crippen MR) is 163 cm³/mol. The molecule has 4 heteroatoms. The molecule has 0 saturated heterocycles. The van der Waals surface area contributed by atoms with Crippen molar-refractivity contribution in [2.75, 3.05) is 6.61 Å². The van der Waals surface area contributed by atoms with Gasteiger partial charge in [0.25, 0.3) is 0 Å². The van der Waals surface area contributed by atoms with Crippen LogP contribution in [-0.2, 0) is 9.16 Å². The van der Waals surface area contributed by atoms with Gasteiger partial charge >= 0.3 is 0 Å². The van der Waals surface area contributed by atoms with Crippen LogP contribution in [0.2, 0.25) is 0 Å². The first-order chi connectivity index (χ1) is 18.4. The highest BCUT2D eigenvalue weighted by Gasteiger charge is 2.30. The molecule has 206 valence electrons. The Balaban J connectivity index is 1.33. The van der Waals surface area contributed by atoms with Crippen molar-refractivity contribution in [2.24, 2.45) is 5.41 Å². The molecule has 0 heterocycles. The maximum absolute atomic E-state index is 10.1. The summed E-state index contributed by atoms with van der Waals surface area (Å²) in [5, 5.41) is 12.8. The Kier molecular flexibility index (Phi) is 13.3. The fourth-order valence-corrected chi connectivity index (χ4v) is 7.59. The summed E-state index contributed by atoms with van der Waals surface area (Å²) < 4.78 is 12.6. The molecule has 0 aliphatic carbocycles. The summed E-state index contributed by atoms with van der Waals surface area (Å²) in [5.41, 5.74) is 0.940. The molecular weight excluding hydrogens is 484 g/mol. The van der Waals surface area contributed by atoms with E-state index in [2.05, 4.69) is 81.4 Å². The van der Waals surface area contributed by atoms with Gasteiger partial charge in [0.05, 0.1) is 12.7 Å². The summed E-state index contributed by atoms with van der Waals surface area (Å²) in [6, 6.07) is 31.2. The number of aliphatic hydroxyl groups excluding tert-OH is 1. The molecule has 3 rings (SSSR count). The largest absolute Gasteiger partial charge is 0.407 e. The van der Waals surface area contributed by atoms with E-state index in [0.717, 1.165) is 24.8 Å². The van der Waals surface area contributed by atoms with Gasteiger partial charge in [0.1, 0.15) is 0 Å². The van der Waals surface area contributed by atoms with E-state index < -0.39 is 15.3 Å². The van der Waals surface area contributed by atoms with Crippen LogP contribution in [0.25, 0.3) is 0 Å². The van der Waals surface area contributed by atoms with E-state index in [0.29, 0.717) is 6.61 Å². The van der Waals surface area contributed by atoms with Crippen LogP contribution in [-0.4, -0.2) is 26.9 Å². The van der Waals surface area contributed by atoms with Crippen LogP contribution in [0.5, 0.6) is 0 Å². The second-order valence-corrected chi connectivity index (χ2v) is 13.8. The summed E-state index contributed by atoms with van der Waals surface area (Å²) in [6.07, 6.45) is 10.3. The number of hydrogen-bond acceptors (Lipinski definition) is 3. The first-order valence-electron chi connectivity index (χ1n) is 14.5. The highest BCUT2D eigenvalue weighted by Crippen LogP contribution is 2.28. The Morgan fingerprint density at radius 2 is 1.08 bits per heavy atom. The van der Waals surface area contributed by atoms with Gasteiger partial charge in [-0.15, -0.1) is 0 Å². The molecule has 3 aromatic carbocycles. The summed E-state index contributed by atoms with van der Waals surface area (Å²) >= 11 is 0. The van der Waals surface area contributed by atoms with E-state index in [9.17, 15) is 5.11 Å². The molecule has 0 spiro atoms. The van der Waals surface area contributed by atoms with Crippen molar-refractivity contribution in [3.05, 3.63) is 96.6 Å². The normalized spacial score (nSPS) is 13.5. The minimum Gasteiger partial charge on any atom is -0.407 e. The van der Waals surface area contributed by atoms with E-state index in [1.54, 1.807) is 0 Å². The Hall–Kier alpha value is -2.24. The van der Waals surface area contributed by atoms with E-state index in [1.165, 1.54) is 48.9 Å². The average molecular weight is 533 g/mol. The maximum Gasteiger partial charge on any atom is 0.240 e. The summed E-state index contributed by atoms with van der Waals surface area (Å²) in [5.74, 6) is 0. The summed E-state index contributed by atoms with van der Waals surface area (Å²) in [6.45, 7) is 7.57. The van der Waals surface area contributed by atoms with Crippen molar-refractivity contribution in [2.45, 2.75) is 91.0 Å². The Bertz CT molecular complexity index is 949. The van der Waals surface area contributed by atoms with Gasteiger partial charge in [-0.05, 0) is 28.6 Å². The number of unbranched alkanes of at least 4 members (excludes halogenated alkanes) is 7. The molecule has 0 aliphatic heterocycles. The van der Waals surface area contributed by atoms with Crippen LogP contribution in [0, 0.1) is 5.41 Å². The van der Waals surface area contributed by atoms with Gasteiger partial charge in [-0.25, -0.2) is 0 Å². The second-order valence-electron chi connectivity index (χ2n) is 11.4. The number of rotatable bonds is 17. The monoisotopic (exact) mass is 532 g/mol. The number of aliphatic hydroxyl groups is 1. The average Bonchev–Trinajstić information content (AvgIpc) is 2.94. The molecule has 2 atom stereocenters. The minimum atomic E-state index is -1.74. The molecule has 3 aromatic rings. The lowest BCUT2D eigenvalue weighted by molar-refractivity contribution is -0.103. The van der Waals surface area contributed by atoms with Gasteiger partial charge in [-0.2, -0.15) is 0 Å². The van der Waals surface area contributed by atoms with E-state index in [4.69, 9.17) is 9.16 Å². The highest BCUT2D eigenvalue weighted by molar-refractivity contribution is 6.80. The molecule has 0 fully saturated rings. The second kappa shape index (κ2) is 16.7. The lowest BCUT2D eigenvalue weighted by atomic mass is 9.86. The molecule has 0 saturated carbocycles. The molecule has 2 unspecified atom stereocenters. The van der Waals surface area contributed by atoms with Gasteiger partial charge in [-0.1, -0.05) is 157 Å². The molecule has 0 amide bonds. The number of benzene rings is 3. The minimum absolute atomic E-state index is 0.116. The third kappa shape index (κ3) is 10.9. The first kappa shape index (κ1) is 30.3. The van der Waals surface area contributed by atoms with E-state index >= 15 is 0 Å². The zero-order valence-corrected chi connectivity index (χ0v) is 24.9. The predicted octanol–water partition coefficient (Wildman–Crippen LogP) is 7.17. The zero-order valence-electron chi connectivity index (χ0n) is 23.7. The van der Waals surface area contributed by atoms with Crippen LogP contribution in [0.15, 0.2) is 91.0 Å². The summed E-state index contributed by atoms with van der Waals surface area (Å²) in [4.78, 5) is 0. The number of ether oxygens (including phenoxy) is 1. The molecule has 3 nitrogen and oxygen atoms in total. The molecular formula is C34H48O3Si. The lowest BCUT2D eigenvalue weighted by Crippen LogP contribution is -2.49. The Morgan fingerprint density at radius 3 is 1.58 bits per heavy atom. The molecule has 0 radical (unpaired) electrons. The SMILES string of the molecule is CC(C)(C)C(CCCCCCCCCCOC(O)c1ccccc1)O[SiH](c1ccccc1)c1ccccc1. The topological polar surface area (TPSA) is 38.7 Å². The van der Waals surface area contributed by atoms with Gasteiger partial charge in [0.2, 0.25) is 9.04 Å². The highest BCUT2D eigenvalue weighted by atomic mass is 28.3. The van der Waals surface area contributed by atoms with Crippen LogP contribution in [0.3, 0.4) is 0 Å². The molecule has 0 aromatic heterocycles. The van der Waals surface area contributed by atoms with E-state index in [1.807, 2.05) is 30.3 Å². The van der Waals surface area contributed by atoms with Crippen molar-refractivity contribution >= 4 is 19.4 Å². The first-order valence-corrected chi connectivity index (χ1v) is 16.2. The molecule has 38 heavy (non-hydrogen) atoms. The number of hydrogen-bond donors (Lipinski definition) is 1. The smallest absolute Gasteiger partial charge is 0.240 e. The van der Waals surface area contributed by atoms with Gasteiger partial charge in [0, 0.05) is 5.56 Å². The van der Waals surface area contributed by atoms with Crippen LogP contribution in [0.1, 0.15) is 90.4 Å². The van der Waals surface area contributed by atoms with E-state index in [-0.39, 0.29) is 11.5 Å². The quantitative estimate of drug-likeness (QED) is 0.114. The van der Waals surface area contributed by atoms with Crippen molar-refractivity contribution in [3.63, 3.8) is 0 Å². The maximum atomic E-state index is 10.1. The Morgan fingerprint density at radius 1 is 0.632 bits per heavy atom. The van der Waals surface area contributed by atoms with Gasteiger partial charge in [-0.3, -0.25) is 0 Å². The van der Waals surface area contributed by atoms with Crippen LogP contribution in [0.4, 0.5) is 0 Å². The third-order valence-electron chi connectivity index (χ3n) is 7.19. The summed E-state index contributed by atoms with van der Waals surface area (Å²) in [7, 11) is -1.74. The Labute approximate surface area is 233 Å². The van der Waals surface area contributed by atoms with Crippen molar-refractivity contribution < 1.29 is 14.3 Å². The van der Waals surface area contributed by atoms with Crippen molar-refractivity contribution in [1.29, 1.82) is 0 Å².